The minimum atomic E-state index is -0.931. The van der Waals surface area contributed by atoms with E-state index in [9.17, 15) is 4.21 Å². The molecule has 0 aliphatic rings. The van der Waals surface area contributed by atoms with Gasteiger partial charge in [-0.2, -0.15) is 0 Å². The van der Waals surface area contributed by atoms with E-state index in [0.717, 1.165) is 14.2 Å². The summed E-state index contributed by atoms with van der Waals surface area (Å²) in [7, 11) is -0.931. The predicted octanol–water partition coefficient (Wildman–Crippen LogP) is 3.82. The molecule has 0 N–H and O–H groups in total. The molecule has 0 aliphatic heterocycles. The Bertz CT molecular complexity index is 448. The van der Waals surface area contributed by atoms with Crippen LogP contribution in [-0.2, 0) is 16.6 Å². The van der Waals surface area contributed by atoms with Gasteiger partial charge in [0, 0.05) is 14.2 Å². The van der Waals surface area contributed by atoms with Crippen molar-refractivity contribution in [3.63, 3.8) is 0 Å². The van der Waals surface area contributed by atoms with E-state index in [1.54, 1.807) is 11.3 Å². The smallest absolute Gasteiger partial charge is 0.0626 e. The zero-order valence-corrected chi connectivity index (χ0v) is 11.1. The van der Waals surface area contributed by atoms with Gasteiger partial charge in [0.05, 0.1) is 16.6 Å². The highest BCUT2D eigenvalue weighted by atomic mass is 79.9. The molecule has 0 aliphatic carbocycles. The summed E-state index contributed by atoms with van der Waals surface area (Å²) in [6.07, 6.45) is 0. The summed E-state index contributed by atoms with van der Waals surface area (Å²) in [5, 5.41) is 2.01. The standard InChI is InChI=1S/C11H9BrOS2/c12-9-3-5-11(6-4-9)15(13)8-10-2-1-7-14-10/h1-7H,8H2. The van der Waals surface area contributed by atoms with Gasteiger partial charge in [-0.15, -0.1) is 11.3 Å². The van der Waals surface area contributed by atoms with Crippen LogP contribution in [-0.4, -0.2) is 4.21 Å². The molecule has 0 fully saturated rings. The van der Waals surface area contributed by atoms with Gasteiger partial charge in [-0.25, -0.2) is 0 Å². The fraction of sp³-hybridized carbons (Fsp3) is 0.0909. The van der Waals surface area contributed by atoms with Gasteiger partial charge in [-0.05, 0) is 35.7 Å². The van der Waals surface area contributed by atoms with E-state index in [2.05, 4.69) is 15.9 Å². The highest BCUT2D eigenvalue weighted by Crippen LogP contribution is 2.18. The molecule has 15 heavy (non-hydrogen) atoms. The molecule has 1 heterocycles. The molecule has 1 nitrogen and oxygen atoms in total. The maximum Gasteiger partial charge on any atom is 0.0626 e. The van der Waals surface area contributed by atoms with Crippen LogP contribution in [0.3, 0.4) is 0 Å². The van der Waals surface area contributed by atoms with Gasteiger partial charge in [0.2, 0.25) is 0 Å². The second-order valence-electron chi connectivity index (χ2n) is 3.02. The van der Waals surface area contributed by atoms with Crippen LogP contribution in [0.25, 0.3) is 0 Å². The molecule has 1 aromatic carbocycles. The first-order valence-electron chi connectivity index (χ1n) is 4.42. The van der Waals surface area contributed by atoms with Crippen molar-refractivity contribution in [1.29, 1.82) is 0 Å². The first-order valence-corrected chi connectivity index (χ1v) is 7.41. The normalized spacial score (nSPS) is 12.6. The molecule has 0 saturated heterocycles. The highest BCUT2D eigenvalue weighted by molar-refractivity contribution is 9.10. The van der Waals surface area contributed by atoms with Crippen LogP contribution in [0.5, 0.6) is 0 Å². The van der Waals surface area contributed by atoms with E-state index >= 15 is 0 Å². The number of benzene rings is 1. The number of halogens is 1. The molecule has 0 radical (unpaired) electrons. The molecule has 2 aromatic rings. The lowest BCUT2D eigenvalue weighted by molar-refractivity contribution is 0.683. The Kier molecular flexibility index (Phi) is 3.72. The van der Waals surface area contributed by atoms with Crippen molar-refractivity contribution in [2.24, 2.45) is 0 Å². The summed E-state index contributed by atoms with van der Waals surface area (Å²) >= 11 is 5.01. The molecule has 2 rings (SSSR count). The second kappa shape index (κ2) is 5.05. The molecule has 0 amide bonds. The quantitative estimate of drug-likeness (QED) is 0.842. The van der Waals surface area contributed by atoms with Gasteiger partial charge in [0.25, 0.3) is 0 Å². The topological polar surface area (TPSA) is 17.1 Å². The van der Waals surface area contributed by atoms with Crippen LogP contribution in [0, 0.1) is 0 Å². The lowest BCUT2D eigenvalue weighted by Crippen LogP contribution is -1.93. The van der Waals surface area contributed by atoms with E-state index in [-0.39, 0.29) is 0 Å². The Morgan fingerprint density at radius 2 is 1.93 bits per heavy atom. The van der Waals surface area contributed by atoms with E-state index in [4.69, 9.17) is 0 Å². The molecular weight excluding hydrogens is 292 g/mol. The first-order chi connectivity index (χ1) is 7.25. The average molecular weight is 301 g/mol. The summed E-state index contributed by atoms with van der Waals surface area (Å²) < 4.78 is 12.9. The summed E-state index contributed by atoms with van der Waals surface area (Å²) in [5.74, 6) is 0.610. The van der Waals surface area contributed by atoms with Crippen molar-refractivity contribution in [3.8, 4) is 0 Å². The minimum Gasteiger partial charge on any atom is -0.254 e. The van der Waals surface area contributed by atoms with Crippen molar-refractivity contribution in [2.75, 3.05) is 0 Å². The lowest BCUT2D eigenvalue weighted by Gasteiger charge is -2.00. The van der Waals surface area contributed by atoms with Gasteiger partial charge >= 0.3 is 0 Å². The maximum absolute atomic E-state index is 11.9. The van der Waals surface area contributed by atoms with Crippen LogP contribution in [0.1, 0.15) is 4.88 Å². The summed E-state index contributed by atoms with van der Waals surface area (Å²) in [6, 6.07) is 11.6. The number of thiophene rings is 1. The molecular formula is C11H9BrOS2. The third kappa shape index (κ3) is 3.00. The number of rotatable bonds is 3. The van der Waals surface area contributed by atoms with Gasteiger partial charge in [-0.3, -0.25) is 4.21 Å². The number of hydrogen-bond donors (Lipinski definition) is 0. The van der Waals surface area contributed by atoms with Crippen molar-refractivity contribution in [3.05, 3.63) is 51.1 Å². The first kappa shape index (κ1) is 11.0. The molecule has 4 heteroatoms. The fourth-order valence-corrected chi connectivity index (χ4v) is 3.50. The molecule has 1 unspecified atom stereocenters. The van der Waals surface area contributed by atoms with Crippen LogP contribution in [0.2, 0.25) is 0 Å². The maximum atomic E-state index is 11.9. The summed E-state index contributed by atoms with van der Waals surface area (Å²) in [5.41, 5.74) is 0. The largest absolute Gasteiger partial charge is 0.254 e. The zero-order valence-electron chi connectivity index (χ0n) is 7.85. The molecule has 1 atom stereocenters. The lowest BCUT2D eigenvalue weighted by atomic mass is 10.4. The minimum absolute atomic E-state index is 0.610. The van der Waals surface area contributed by atoms with E-state index in [0.29, 0.717) is 5.75 Å². The molecule has 0 bridgehead atoms. The van der Waals surface area contributed by atoms with Crippen molar-refractivity contribution < 1.29 is 4.21 Å². The van der Waals surface area contributed by atoms with Gasteiger partial charge in [0.1, 0.15) is 0 Å². The van der Waals surface area contributed by atoms with Gasteiger partial charge in [-0.1, -0.05) is 22.0 Å². The zero-order chi connectivity index (χ0) is 10.7. The van der Waals surface area contributed by atoms with E-state index < -0.39 is 10.8 Å². The Hall–Kier alpha value is -0.450. The summed E-state index contributed by atoms with van der Waals surface area (Å²) in [4.78, 5) is 2.04. The van der Waals surface area contributed by atoms with Crippen molar-refractivity contribution in [1.82, 2.24) is 0 Å². The van der Waals surface area contributed by atoms with E-state index in [1.165, 1.54) is 0 Å². The Labute approximate surface area is 104 Å². The fourth-order valence-electron chi connectivity index (χ4n) is 1.19. The van der Waals surface area contributed by atoms with Crippen LogP contribution >= 0.6 is 27.3 Å². The molecule has 0 spiro atoms. The predicted molar refractivity (Wildman–Crippen MR) is 68.6 cm³/mol. The van der Waals surface area contributed by atoms with Crippen LogP contribution in [0.4, 0.5) is 0 Å². The van der Waals surface area contributed by atoms with Crippen LogP contribution < -0.4 is 0 Å². The van der Waals surface area contributed by atoms with E-state index in [1.807, 2.05) is 41.8 Å². The molecule has 78 valence electrons. The Morgan fingerprint density at radius 3 is 2.53 bits per heavy atom. The SMILES string of the molecule is O=S(Cc1cccs1)c1ccc(Br)cc1. The number of hydrogen-bond acceptors (Lipinski definition) is 2. The van der Waals surface area contributed by atoms with Crippen molar-refractivity contribution in [2.45, 2.75) is 10.6 Å². The highest BCUT2D eigenvalue weighted by Gasteiger charge is 2.05. The summed E-state index contributed by atoms with van der Waals surface area (Å²) in [6.45, 7) is 0. The Balaban J connectivity index is 2.11. The molecule has 1 aromatic heterocycles. The van der Waals surface area contributed by atoms with Crippen LogP contribution in [0.15, 0.2) is 51.1 Å². The third-order valence-corrected chi connectivity index (χ3v) is 4.89. The molecule has 0 saturated carbocycles. The van der Waals surface area contributed by atoms with Gasteiger partial charge < -0.3 is 0 Å². The van der Waals surface area contributed by atoms with Gasteiger partial charge in [0.15, 0.2) is 0 Å². The average Bonchev–Trinajstić information content (AvgIpc) is 2.71. The Morgan fingerprint density at radius 1 is 1.20 bits per heavy atom. The monoisotopic (exact) mass is 300 g/mol. The third-order valence-electron chi connectivity index (χ3n) is 1.93. The van der Waals surface area contributed by atoms with Crippen molar-refractivity contribution >= 4 is 38.1 Å². The second-order valence-corrected chi connectivity index (χ2v) is 6.42.